The van der Waals surface area contributed by atoms with E-state index in [9.17, 15) is 0 Å². The van der Waals surface area contributed by atoms with E-state index in [0.717, 1.165) is 107 Å². The third-order valence-electron chi connectivity index (χ3n) is 13.5. The van der Waals surface area contributed by atoms with Crippen molar-refractivity contribution in [2.24, 2.45) is 16.8 Å². The second-order valence-electron chi connectivity index (χ2n) is 18.0. The number of fused-ring (bicyclic) bond motifs is 4. The maximum atomic E-state index is 5.51. The van der Waals surface area contributed by atoms with Crippen molar-refractivity contribution in [1.29, 1.82) is 0 Å². The van der Waals surface area contributed by atoms with Crippen LogP contribution in [0.25, 0.3) is 95.3 Å². The molecule has 1 saturated carbocycles. The average molecular weight is 901 g/mol. The predicted molar refractivity (Wildman–Crippen MR) is 283 cm³/mol. The van der Waals surface area contributed by atoms with Gasteiger partial charge in [0.1, 0.15) is 17.3 Å². The second-order valence-corrected chi connectivity index (χ2v) is 18.0. The fourth-order valence-corrected chi connectivity index (χ4v) is 9.87. The van der Waals surface area contributed by atoms with Crippen molar-refractivity contribution in [3.63, 3.8) is 0 Å². The Morgan fingerprint density at radius 2 is 0.929 bits per heavy atom. The van der Waals surface area contributed by atoms with Crippen LogP contribution in [-0.2, 0) is 0 Å². The number of para-hydroxylation sites is 1. The average Bonchev–Trinajstić information content (AvgIpc) is 4.17. The SMILES string of the molecule is CN(C1=CC2CC2C(c2nc(-c3ccccc3)cc(-c3ccccc3)n2)=N1)c1cc2c(cc1-c1ccccc1)c1ccccc1n2-c1cccc(-c2nc(-c3ccccc3)cc(-c3ccccc3)n2)n1. The highest BCUT2D eigenvalue weighted by molar-refractivity contribution is 6.12. The molecule has 1 aliphatic carbocycles. The molecule has 0 bridgehead atoms. The van der Waals surface area contributed by atoms with Crippen molar-refractivity contribution < 1.29 is 0 Å². The van der Waals surface area contributed by atoms with Gasteiger partial charge in [-0.15, -0.1) is 0 Å². The molecule has 0 amide bonds. The standard InChI is InChI=1S/C62H44N8/c1-69(59-35-45-34-48(45)60(68-59)62-66-53(43-26-13-5-14-27-43)38-54(67-62)44-28-15-6-16-29-44)56-39-57-49(36-47(56)40-20-7-2-8-21-40)46-30-17-18-32-55(46)70(57)58-33-19-31-50(63-58)61-64-51(41-22-9-3-10-23-41)37-52(65-61)42-24-11-4-12-25-42/h2-33,35-39,45,48H,34H2,1H3. The first-order valence-corrected chi connectivity index (χ1v) is 23.7. The van der Waals surface area contributed by atoms with Gasteiger partial charge >= 0.3 is 0 Å². The number of pyridine rings is 1. The van der Waals surface area contributed by atoms with Crippen LogP contribution in [0.15, 0.2) is 235 Å². The van der Waals surface area contributed by atoms with Crippen LogP contribution in [0.5, 0.6) is 0 Å². The number of benzene rings is 7. The highest BCUT2D eigenvalue weighted by Crippen LogP contribution is 2.48. The van der Waals surface area contributed by atoms with E-state index in [1.807, 2.05) is 54.6 Å². The molecule has 2 unspecified atom stereocenters. The molecule has 0 saturated heterocycles. The smallest absolute Gasteiger partial charge is 0.179 e. The summed E-state index contributed by atoms with van der Waals surface area (Å²) in [5, 5.41) is 2.25. The van der Waals surface area contributed by atoms with Crippen molar-refractivity contribution in [3.8, 4) is 73.5 Å². The quantitative estimate of drug-likeness (QED) is 0.136. The van der Waals surface area contributed by atoms with Gasteiger partial charge in [-0.25, -0.2) is 29.9 Å². The third-order valence-corrected chi connectivity index (χ3v) is 13.5. The Kier molecular flexibility index (Phi) is 10.1. The van der Waals surface area contributed by atoms with Crippen molar-refractivity contribution >= 4 is 33.2 Å². The Morgan fingerprint density at radius 1 is 0.429 bits per heavy atom. The van der Waals surface area contributed by atoms with Crippen LogP contribution in [0.3, 0.4) is 0 Å². The predicted octanol–water partition coefficient (Wildman–Crippen LogP) is 14.2. The van der Waals surface area contributed by atoms with Gasteiger partial charge in [-0.1, -0.05) is 176 Å². The summed E-state index contributed by atoms with van der Waals surface area (Å²) in [4.78, 5) is 33.9. The molecule has 1 fully saturated rings. The summed E-state index contributed by atoms with van der Waals surface area (Å²) in [6, 6.07) is 75.4. The molecule has 11 aromatic rings. The number of hydrogen-bond donors (Lipinski definition) is 0. The van der Waals surface area contributed by atoms with Crippen molar-refractivity contribution in [3.05, 3.63) is 236 Å². The molecule has 8 heteroatoms. The number of aliphatic imine (C=N–C) groups is 1. The molecule has 7 aromatic carbocycles. The Balaban J connectivity index is 0.962. The van der Waals surface area contributed by atoms with E-state index < -0.39 is 0 Å². The van der Waals surface area contributed by atoms with E-state index >= 15 is 0 Å². The minimum Gasteiger partial charge on any atom is -0.329 e. The monoisotopic (exact) mass is 900 g/mol. The van der Waals surface area contributed by atoms with Crippen molar-refractivity contribution in [2.75, 3.05) is 11.9 Å². The number of anilines is 1. The minimum absolute atomic E-state index is 0.255. The molecular formula is C62H44N8. The van der Waals surface area contributed by atoms with Crippen LogP contribution in [-0.4, -0.2) is 42.2 Å². The normalized spacial score (nSPS) is 15.0. The molecule has 5 heterocycles. The van der Waals surface area contributed by atoms with E-state index in [-0.39, 0.29) is 5.92 Å². The Hall–Kier alpha value is -9.14. The molecule has 70 heavy (non-hydrogen) atoms. The first-order valence-electron chi connectivity index (χ1n) is 23.7. The van der Waals surface area contributed by atoms with Gasteiger partial charge in [0.2, 0.25) is 0 Å². The first-order chi connectivity index (χ1) is 34.6. The zero-order valence-corrected chi connectivity index (χ0v) is 38.3. The second kappa shape index (κ2) is 17.2. The molecule has 4 aromatic heterocycles. The lowest BCUT2D eigenvalue weighted by atomic mass is 9.99. The van der Waals surface area contributed by atoms with Gasteiger partial charge in [-0.05, 0) is 66.4 Å². The van der Waals surface area contributed by atoms with Gasteiger partial charge in [-0.2, -0.15) is 0 Å². The minimum atomic E-state index is 0.255. The van der Waals surface area contributed by atoms with Crippen molar-refractivity contribution in [2.45, 2.75) is 6.42 Å². The van der Waals surface area contributed by atoms with Crippen LogP contribution in [0.2, 0.25) is 0 Å². The summed E-state index contributed by atoms with van der Waals surface area (Å²) >= 11 is 0. The molecule has 13 rings (SSSR count). The summed E-state index contributed by atoms with van der Waals surface area (Å²) in [6.45, 7) is 0. The Morgan fingerprint density at radius 3 is 1.49 bits per heavy atom. The van der Waals surface area contributed by atoms with Gasteiger partial charge in [0.05, 0.1) is 45.2 Å². The lowest BCUT2D eigenvalue weighted by molar-refractivity contribution is 0.918. The van der Waals surface area contributed by atoms with Gasteiger partial charge in [0.15, 0.2) is 11.6 Å². The molecule has 0 radical (unpaired) electrons. The molecule has 2 aliphatic rings. The van der Waals surface area contributed by atoms with Gasteiger partial charge in [0.25, 0.3) is 0 Å². The Bertz CT molecular complexity index is 3700. The van der Waals surface area contributed by atoms with E-state index in [1.165, 1.54) is 0 Å². The fourth-order valence-electron chi connectivity index (χ4n) is 9.87. The lowest BCUT2D eigenvalue weighted by Gasteiger charge is -2.26. The van der Waals surface area contributed by atoms with Crippen LogP contribution in [0.4, 0.5) is 5.69 Å². The van der Waals surface area contributed by atoms with Crippen LogP contribution in [0.1, 0.15) is 12.2 Å². The summed E-state index contributed by atoms with van der Waals surface area (Å²) in [7, 11) is 2.13. The summed E-state index contributed by atoms with van der Waals surface area (Å²) in [5.41, 5.74) is 14.4. The van der Waals surface area contributed by atoms with E-state index in [4.69, 9.17) is 29.9 Å². The molecule has 332 valence electrons. The fraction of sp³-hybridized carbons (Fsp3) is 0.0645. The Labute approximate surface area is 405 Å². The summed E-state index contributed by atoms with van der Waals surface area (Å²) in [5.74, 6) is 3.45. The van der Waals surface area contributed by atoms with Crippen LogP contribution >= 0.6 is 0 Å². The maximum absolute atomic E-state index is 5.51. The van der Waals surface area contributed by atoms with Crippen molar-refractivity contribution in [1.82, 2.24) is 29.5 Å². The van der Waals surface area contributed by atoms with Gasteiger partial charge in [0, 0.05) is 51.6 Å². The van der Waals surface area contributed by atoms with Crippen LogP contribution in [0, 0.1) is 11.8 Å². The van der Waals surface area contributed by atoms with Gasteiger partial charge < -0.3 is 4.90 Å². The number of hydrogen-bond acceptors (Lipinski definition) is 7. The largest absolute Gasteiger partial charge is 0.329 e. The van der Waals surface area contributed by atoms with E-state index in [2.05, 4.69) is 186 Å². The molecule has 8 nitrogen and oxygen atoms in total. The summed E-state index contributed by atoms with van der Waals surface area (Å²) < 4.78 is 2.27. The number of allylic oxidation sites excluding steroid dienone is 1. The maximum Gasteiger partial charge on any atom is 0.179 e. The molecular weight excluding hydrogens is 857 g/mol. The third kappa shape index (κ3) is 7.52. The van der Waals surface area contributed by atoms with E-state index in [1.54, 1.807) is 0 Å². The molecule has 2 atom stereocenters. The van der Waals surface area contributed by atoms with Gasteiger partial charge in [-0.3, -0.25) is 4.57 Å². The topological polar surface area (TPSA) is 85.0 Å². The first kappa shape index (κ1) is 41.1. The highest BCUT2D eigenvalue weighted by Gasteiger charge is 2.45. The zero-order valence-electron chi connectivity index (χ0n) is 38.3. The molecule has 1 aliphatic heterocycles. The van der Waals surface area contributed by atoms with Crippen LogP contribution < -0.4 is 4.90 Å². The number of rotatable bonds is 10. The highest BCUT2D eigenvalue weighted by atomic mass is 15.2. The molecule has 0 N–H and O–H groups in total. The van der Waals surface area contributed by atoms with E-state index in [0.29, 0.717) is 23.3 Å². The number of aromatic nitrogens is 6. The summed E-state index contributed by atoms with van der Waals surface area (Å²) in [6.07, 6.45) is 3.33. The number of nitrogens with zero attached hydrogens (tertiary/aromatic N) is 8. The lowest BCUT2D eigenvalue weighted by Crippen LogP contribution is -2.22. The zero-order chi connectivity index (χ0) is 46.5. The molecule has 0 spiro atoms.